The van der Waals surface area contributed by atoms with Crippen molar-refractivity contribution in [2.45, 2.75) is 71.9 Å². The van der Waals surface area contributed by atoms with Gasteiger partial charge in [-0.3, -0.25) is 0 Å². The largest absolute Gasteiger partial charge is 0.507 e. The summed E-state index contributed by atoms with van der Waals surface area (Å²) in [6.07, 6.45) is 6.11. The maximum absolute atomic E-state index is 10.8. The molecule has 2 rings (SSSR count). The van der Waals surface area contributed by atoms with Gasteiger partial charge in [-0.1, -0.05) is 62.1 Å². The van der Waals surface area contributed by atoms with E-state index >= 15 is 0 Å². The van der Waals surface area contributed by atoms with Gasteiger partial charge in [0.05, 0.1) is 0 Å². The van der Waals surface area contributed by atoms with Crippen LogP contribution in [0.5, 0.6) is 11.5 Å². The second kappa shape index (κ2) is 9.42. The van der Waals surface area contributed by atoms with Gasteiger partial charge in [-0.25, -0.2) is 0 Å². The summed E-state index contributed by atoms with van der Waals surface area (Å²) in [6, 6.07) is 8.23. The molecule has 0 heterocycles. The second-order valence-electron chi connectivity index (χ2n) is 7.41. The summed E-state index contributed by atoms with van der Waals surface area (Å²) in [7, 11) is 2.82. The summed E-state index contributed by atoms with van der Waals surface area (Å²) in [5, 5.41) is 21.7. The zero-order valence-corrected chi connectivity index (χ0v) is 17.8. The first-order valence-electron chi connectivity index (χ1n) is 9.79. The van der Waals surface area contributed by atoms with Crippen molar-refractivity contribution in [1.29, 1.82) is 0 Å². The van der Waals surface area contributed by atoms with Crippen LogP contribution in [0.15, 0.2) is 24.3 Å². The van der Waals surface area contributed by atoms with E-state index in [2.05, 4.69) is 49.1 Å². The molecule has 26 heavy (non-hydrogen) atoms. The Morgan fingerprint density at radius 3 is 1.50 bits per heavy atom. The molecule has 1 unspecified atom stereocenters. The Balaban J connectivity index is 2.47. The Bertz CT molecular complexity index is 689. The average molecular weight is 372 g/mol. The standard InChI is InChI=1S/C23H33O2P/c1-5-7-9-17-11-15(3)13-19(21(17)24)23(26)20-14-16(4)12-18(22(20)25)10-8-6-2/h11-14,23-25H,5-10,26H2,1-4H3. The van der Waals surface area contributed by atoms with Gasteiger partial charge in [0.1, 0.15) is 11.5 Å². The Labute approximate surface area is 160 Å². The van der Waals surface area contributed by atoms with Crippen LogP contribution < -0.4 is 0 Å². The predicted molar refractivity (Wildman–Crippen MR) is 114 cm³/mol. The molecule has 0 fully saturated rings. The molecule has 3 heteroatoms. The number of hydrogen-bond acceptors (Lipinski definition) is 2. The van der Waals surface area contributed by atoms with Gasteiger partial charge in [0.2, 0.25) is 0 Å². The van der Waals surface area contributed by atoms with Crippen LogP contribution in [0, 0.1) is 13.8 Å². The molecule has 0 aliphatic heterocycles. The van der Waals surface area contributed by atoms with Crippen molar-refractivity contribution in [1.82, 2.24) is 0 Å². The van der Waals surface area contributed by atoms with E-state index in [1.165, 1.54) is 0 Å². The lowest BCUT2D eigenvalue weighted by Crippen LogP contribution is -2.01. The van der Waals surface area contributed by atoms with Crippen molar-refractivity contribution in [2.24, 2.45) is 0 Å². The highest BCUT2D eigenvalue weighted by molar-refractivity contribution is 7.17. The predicted octanol–water partition coefficient (Wildman–Crippen LogP) is 6.36. The molecule has 0 bridgehead atoms. The molecule has 0 saturated heterocycles. The second-order valence-corrected chi connectivity index (χ2v) is 8.08. The molecule has 2 nitrogen and oxygen atoms in total. The van der Waals surface area contributed by atoms with Crippen molar-refractivity contribution in [3.8, 4) is 11.5 Å². The quantitative estimate of drug-likeness (QED) is 0.529. The lowest BCUT2D eigenvalue weighted by molar-refractivity contribution is 0.453. The normalized spacial score (nSPS) is 11.3. The van der Waals surface area contributed by atoms with Crippen LogP contribution in [0.25, 0.3) is 0 Å². The number of unbranched alkanes of at least 4 members (excludes halogenated alkanes) is 2. The van der Waals surface area contributed by atoms with E-state index < -0.39 is 0 Å². The minimum absolute atomic E-state index is 0.129. The number of hydrogen-bond donors (Lipinski definition) is 2. The molecular formula is C23H33O2P. The van der Waals surface area contributed by atoms with Crippen LogP contribution in [0.4, 0.5) is 0 Å². The van der Waals surface area contributed by atoms with Crippen LogP contribution in [0.1, 0.15) is 78.6 Å². The van der Waals surface area contributed by atoms with Crippen molar-refractivity contribution >= 4 is 9.24 Å². The number of phenolic OH excluding ortho intramolecular Hbond substituents is 2. The molecule has 142 valence electrons. The molecule has 0 amide bonds. The zero-order chi connectivity index (χ0) is 19.3. The minimum Gasteiger partial charge on any atom is -0.507 e. The fourth-order valence-corrected chi connectivity index (χ4v) is 4.03. The van der Waals surface area contributed by atoms with E-state index in [1.54, 1.807) is 0 Å². The minimum atomic E-state index is -0.129. The maximum Gasteiger partial charge on any atom is 0.122 e. The van der Waals surface area contributed by atoms with Crippen molar-refractivity contribution in [3.05, 3.63) is 57.6 Å². The van der Waals surface area contributed by atoms with E-state index in [0.29, 0.717) is 11.5 Å². The number of phenols is 2. The van der Waals surface area contributed by atoms with Crippen LogP contribution in [0.3, 0.4) is 0 Å². The molecule has 2 aromatic rings. The molecule has 0 saturated carbocycles. The highest BCUT2D eigenvalue weighted by atomic mass is 31.0. The molecule has 1 atom stereocenters. The Hall–Kier alpha value is -1.53. The van der Waals surface area contributed by atoms with Gasteiger partial charge < -0.3 is 10.2 Å². The van der Waals surface area contributed by atoms with Gasteiger partial charge in [-0.2, -0.15) is 0 Å². The molecular weight excluding hydrogens is 339 g/mol. The van der Waals surface area contributed by atoms with Gasteiger partial charge in [-0.05, 0) is 50.7 Å². The van der Waals surface area contributed by atoms with Crippen molar-refractivity contribution < 1.29 is 10.2 Å². The Kier molecular flexibility index (Phi) is 7.53. The van der Waals surface area contributed by atoms with E-state index in [9.17, 15) is 10.2 Å². The monoisotopic (exact) mass is 372 g/mol. The van der Waals surface area contributed by atoms with Crippen molar-refractivity contribution in [3.63, 3.8) is 0 Å². The van der Waals surface area contributed by atoms with Crippen LogP contribution in [-0.4, -0.2) is 10.2 Å². The molecule has 0 aromatic heterocycles. The lowest BCUT2D eigenvalue weighted by Gasteiger charge is -2.20. The highest BCUT2D eigenvalue weighted by Gasteiger charge is 2.21. The van der Waals surface area contributed by atoms with Gasteiger partial charge in [-0.15, -0.1) is 9.24 Å². The number of benzene rings is 2. The van der Waals surface area contributed by atoms with E-state index in [0.717, 1.165) is 71.9 Å². The lowest BCUT2D eigenvalue weighted by atomic mass is 9.92. The molecule has 2 N–H and O–H groups in total. The van der Waals surface area contributed by atoms with Gasteiger partial charge in [0.25, 0.3) is 0 Å². The van der Waals surface area contributed by atoms with Gasteiger partial charge in [0, 0.05) is 16.8 Å². The first-order chi connectivity index (χ1) is 12.4. The third-order valence-corrected chi connectivity index (χ3v) is 5.71. The molecule has 2 aromatic carbocycles. The van der Waals surface area contributed by atoms with Crippen molar-refractivity contribution in [2.75, 3.05) is 0 Å². The molecule has 0 spiro atoms. The Morgan fingerprint density at radius 2 is 1.15 bits per heavy atom. The number of rotatable bonds is 8. The molecule has 0 aliphatic rings. The first kappa shape index (κ1) is 20.8. The summed E-state index contributed by atoms with van der Waals surface area (Å²) < 4.78 is 0. The average Bonchev–Trinajstić information content (AvgIpc) is 2.61. The van der Waals surface area contributed by atoms with Gasteiger partial charge >= 0.3 is 0 Å². The van der Waals surface area contributed by atoms with Crippen LogP contribution in [-0.2, 0) is 12.8 Å². The first-order valence-corrected chi connectivity index (χ1v) is 10.5. The molecule has 0 radical (unpaired) electrons. The number of aryl methyl sites for hydroxylation is 4. The topological polar surface area (TPSA) is 40.5 Å². The summed E-state index contributed by atoms with van der Waals surface area (Å²) in [5.74, 6) is 0.750. The van der Waals surface area contributed by atoms with Gasteiger partial charge in [0.15, 0.2) is 0 Å². The fraction of sp³-hybridized carbons (Fsp3) is 0.478. The summed E-state index contributed by atoms with van der Waals surface area (Å²) in [4.78, 5) is 0. The van der Waals surface area contributed by atoms with Crippen LogP contribution in [0.2, 0.25) is 0 Å². The summed E-state index contributed by atoms with van der Waals surface area (Å²) in [6.45, 7) is 8.46. The fourth-order valence-electron chi connectivity index (χ4n) is 3.53. The van der Waals surface area contributed by atoms with E-state index in [1.807, 2.05) is 12.1 Å². The smallest absolute Gasteiger partial charge is 0.122 e. The van der Waals surface area contributed by atoms with E-state index in [-0.39, 0.29) is 5.66 Å². The number of aromatic hydroxyl groups is 2. The Morgan fingerprint density at radius 1 is 0.769 bits per heavy atom. The summed E-state index contributed by atoms with van der Waals surface area (Å²) in [5.41, 5.74) is 5.94. The van der Waals surface area contributed by atoms with E-state index in [4.69, 9.17) is 0 Å². The summed E-state index contributed by atoms with van der Waals surface area (Å²) >= 11 is 0. The third-order valence-electron chi connectivity index (χ3n) is 4.99. The SMILES string of the molecule is CCCCc1cc(C)cc(C(P)c2cc(C)cc(CCCC)c2O)c1O. The van der Waals surface area contributed by atoms with Crippen LogP contribution >= 0.6 is 9.24 Å². The maximum atomic E-state index is 10.8. The molecule has 0 aliphatic carbocycles. The zero-order valence-electron chi connectivity index (χ0n) is 16.6. The third kappa shape index (κ3) is 4.80. The highest BCUT2D eigenvalue weighted by Crippen LogP contribution is 2.43.